The summed E-state index contributed by atoms with van der Waals surface area (Å²) in [5.41, 5.74) is 20.5. The van der Waals surface area contributed by atoms with Gasteiger partial charge in [-0.1, -0.05) is 418 Å². The maximum Gasteiger partial charge on any atom is 0.0852 e. The molecular formula is C130H226N6. The van der Waals surface area contributed by atoms with Gasteiger partial charge in [0.1, 0.15) is 0 Å². The van der Waals surface area contributed by atoms with Gasteiger partial charge < -0.3 is 0 Å². The standard InChI is InChI=1S/6C16H26.C12H23N3.C12H24.C8H15N3.2CH4/c2*1-13(2)5-7-15-9-11-16(12-10-15)8-6-14(3)4;2*1-13(2)8-10-15-6-5-7-16(12-15)11-9-14(3)4;2*1-13(2)9-11-15-7-5-6-8-16(15)12-10-14(3)4;1-10(2)5-6-12-9-15(14-13-12)8-7-11(3)4;1-11(2)9-7-5-6-8-10-12(3)4;1-6(2)8-5-11(7(3)4)10-9-8;;/h2*9-14H,5-8H2,1-4H3;2*5-7,12-14H,8-11H2,1-4H3;2*5-8,13-14H,9-12H2,1-4H3;9-11H,5-8H2,1-4H3;5-6,11-12H,7-10H2,1-4H3;5-7H,1-4H3;2*1H4. The quantitative estimate of drug-likeness (QED) is 0.0357. The summed E-state index contributed by atoms with van der Waals surface area (Å²) in [6.07, 6.45) is 47.8. The van der Waals surface area contributed by atoms with Crippen LogP contribution in [0.4, 0.5) is 0 Å². The maximum atomic E-state index is 4.18. The topological polar surface area (TPSA) is 61.4 Å². The van der Waals surface area contributed by atoms with E-state index in [2.05, 4.69) is 434 Å². The van der Waals surface area contributed by atoms with E-state index in [-0.39, 0.29) is 14.9 Å². The van der Waals surface area contributed by atoms with Crippen molar-refractivity contribution in [3.05, 3.63) is 248 Å². The fourth-order valence-corrected chi connectivity index (χ4v) is 14.4. The summed E-state index contributed by atoms with van der Waals surface area (Å²) in [4.78, 5) is 0. The molecule has 6 nitrogen and oxygen atoms in total. The summed E-state index contributed by atoms with van der Waals surface area (Å²) in [5, 5.41) is 16.4. The zero-order chi connectivity index (χ0) is 101. The van der Waals surface area contributed by atoms with E-state index in [1.165, 1.54) is 237 Å². The van der Waals surface area contributed by atoms with E-state index in [9.17, 15) is 0 Å². The van der Waals surface area contributed by atoms with Crippen LogP contribution in [0.2, 0.25) is 0 Å². The highest BCUT2D eigenvalue weighted by molar-refractivity contribution is 5.30. The van der Waals surface area contributed by atoms with Crippen molar-refractivity contribution in [3.8, 4) is 0 Å². The average Bonchev–Trinajstić information content (AvgIpc) is 1.63. The SMILES string of the molecule is C.C.CC(C)CCC=CCCC(C)C.CC(C)CCc1ccc(CCC(C)C)cc1.CC(C)CCc1ccc(CCC(C)C)cc1.CC(C)CCc1cccc(CCC(C)C)c1.CC(C)CCc1cccc(CCC(C)C)c1.CC(C)CCc1ccccc1CCC(C)C.CC(C)CCc1ccccc1CCC(C)C.CC(C)CCc1cn(CCC(C)C)nn1.CC(C)c1cn(C(C)C)nn1. The molecule has 0 atom stereocenters. The molecule has 6 aromatic carbocycles. The van der Waals surface area contributed by atoms with Crippen LogP contribution >= 0.6 is 0 Å². The Morgan fingerprint density at radius 2 is 0.449 bits per heavy atom. The molecule has 776 valence electrons. The molecule has 0 amide bonds. The van der Waals surface area contributed by atoms with Crippen LogP contribution in [0, 0.1) is 94.7 Å². The van der Waals surface area contributed by atoms with Crippen molar-refractivity contribution in [2.24, 2.45) is 94.7 Å². The van der Waals surface area contributed by atoms with Crippen LogP contribution < -0.4 is 0 Å². The highest BCUT2D eigenvalue weighted by Crippen LogP contribution is 2.24. The summed E-state index contributed by atoms with van der Waals surface area (Å²) >= 11 is 0. The Labute approximate surface area is 849 Å². The Bertz CT molecular complexity index is 3570. The van der Waals surface area contributed by atoms with Crippen LogP contribution in [-0.2, 0) is 90.0 Å². The van der Waals surface area contributed by atoms with E-state index in [4.69, 9.17) is 0 Å². The second kappa shape index (κ2) is 82.0. The first kappa shape index (κ1) is 133. The third-order valence-electron chi connectivity index (χ3n) is 24.4. The maximum absolute atomic E-state index is 4.18. The van der Waals surface area contributed by atoms with Crippen molar-refractivity contribution >= 4 is 0 Å². The van der Waals surface area contributed by atoms with E-state index < -0.39 is 0 Å². The molecule has 0 aliphatic rings. The van der Waals surface area contributed by atoms with E-state index in [1.54, 1.807) is 22.3 Å². The number of rotatable bonds is 50. The largest absolute Gasteiger partial charge is 0.252 e. The summed E-state index contributed by atoms with van der Waals surface area (Å²) in [5.74, 6) is 13.3. The summed E-state index contributed by atoms with van der Waals surface area (Å²) < 4.78 is 3.85. The first-order chi connectivity index (χ1) is 63.3. The van der Waals surface area contributed by atoms with Gasteiger partial charge in [-0.15, -0.1) is 10.2 Å². The number of benzene rings is 6. The Morgan fingerprint density at radius 1 is 0.221 bits per heavy atom. The van der Waals surface area contributed by atoms with Gasteiger partial charge in [-0.05, 0) is 380 Å². The number of nitrogens with zero attached hydrogens (tertiary/aromatic N) is 6. The van der Waals surface area contributed by atoms with Crippen molar-refractivity contribution in [2.75, 3.05) is 0 Å². The lowest BCUT2D eigenvalue weighted by atomic mass is 9.94. The minimum Gasteiger partial charge on any atom is -0.252 e. The highest BCUT2D eigenvalue weighted by Gasteiger charge is 2.12. The van der Waals surface area contributed by atoms with Crippen LogP contribution in [0.15, 0.2) is 170 Å². The van der Waals surface area contributed by atoms with Crippen molar-refractivity contribution < 1.29 is 0 Å². The van der Waals surface area contributed by atoms with Gasteiger partial charge in [-0.3, -0.25) is 4.68 Å². The predicted octanol–water partition coefficient (Wildman–Crippen LogP) is 39.8. The van der Waals surface area contributed by atoms with E-state index in [0.29, 0.717) is 12.0 Å². The fraction of sp³-hybridized carbons (Fsp3) is 0.677. The monoisotopic (exact) mass is 1870 g/mol. The summed E-state index contributed by atoms with van der Waals surface area (Å²) in [6, 6.07) is 55.0. The van der Waals surface area contributed by atoms with Crippen molar-refractivity contribution in [1.29, 1.82) is 0 Å². The van der Waals surface area contributed by atoms with E-state index in [0.717, 1.165) is 119 Å². The normalized spacial score (nSPS) is 11.3. The predicted molar refractivity (Wildman–Crippen MR) is 614 cm³/mol. The Morgan fingerprint density at radius 3 is 0.662 bits per heavy atom. The molecule has 136 heavy (non-hydrogen) atoms. The highest BCUT2D eigenvalue weighted by atomic mass is 15.4. The molecule has 0 radical (unpaired) electrons. The fourth-order valence-electron chi connectivity index (χ4n) is 14.4. The molecule has 0 bridgehead atoms. The molecule has 0 aliphatic carbocycles. The minimum absolute atomic E-state index is 0. The van der Waals surface area contributed by atoms with E-state index >= 15 is 0 Å². The molecule has 2 heterocycles. The first-order valence-electron chi connectivity index (χ1n) is 55.2. The molecule has 0 saturated carbocycles. The van der Waals surface area contributed by atoms with Gasteiger partial charge >= 0.3 is 0 Å². The van der Waals surface area contributed by atoms with Gasteiger partial charge in [0.2, 0.25) is 0 Å². The van der Waals surface area contributed by atoms with Gasteiger partial charge in [-0.25, -0.2) is 4.68 Å². The molecule has 8 aromatic rings. The lowest BCUT2D eigenvalue weighted by molar-refractivity contribution is 0.478. The Balaban J connectivity index is -0.00000146. The summed E-state index contributed by atoms with van der Waals surface area (Å²) in [6.45, 7) is 82.6. The first-order valence-corrected chi connectivity index (χ1v) is 55.2. The van der Waals surface area contributed by atoms with Crippen molar-refractivity contribution in [2.45, 2.75) is 482 Å². The van der Waals surface area contributed by atoms with Gasteiger partial charge in [0.25, 0.3) is 0 Å². The zero-order valence-corrected chi connectivity index (χ0v) is 94.9. The zero-order valence-electron chi connectivity index (χ0n) is 94.9. The third kappa shape index (κ3) is 79.1. The lowest BCUT2D eigenvalue weighted by Crippen LogP contribution is -2.01. The molecule has 0 unspecified atom stereocenters. The molecule has 6 heteroatoms. The van der Waals surface area contributed by atoms with Crippen LogP contribution in [-0.4, -0.2) is 30.0 Å². The lowest BCUT2D eigenvalue weighted by Gasteiger charge is -2.12. The van der Waals surface area contributed by atoms with Gasteiger partial charge in [0, 0.05) is 25.0 Å². The second-order valence-electron chi connectivity index (χ2n) is 46.9. The van der Waals surface area contributed by atoms with Crippen molar-refractivity contribution in [3.63, 3.8) is 0 Å². The van der Waals surface area contributed by atoms with Gasteiger partial charge in [0.15, 0.2) is 0 Å². The van der Waals surface area contributed by atoms with Crippen LogP contribution in [0.3, 0.4) is 0 Å². The van der Waals surface area contributed by atoms with E-state index in [1.807, 2.05) is 15.6 Å². The number of hydrogen-bond donors (Lipinski definition) is 0. The number of aromatic nitrogens is 6. The number of hydrogen-bond acceptors (Lipinski definition) is 4. The minimum atomic E-state index is 0. The number of allylic oxidation sites excluding steroid dienone is 2. The number of aryl methyl sites for hydroxylation is 14. The van der Waals surface area contributed by atoms with Crippen molar-refractivity contribution in [1.82, 2.24) is 30.0 Å². The molecule has 0 saturated heterocycles. The van der Waals surface area contributed by atoms with Crippen LogP contribution in [0.25, 0.3) is 0 Å². The molecule has 0 N–H and O–H groups in total. The smallest absolute Gasteiger partial charge is 0.0852 e. The molecule has 0 spiro atoms. The van der Waals surface area contributed by atoms with Crippen LogP contribution in [0.1, 0.15) is 470 Å². The molecular weight excluding hydrogens is 1650 g/mol. The van der Waals surface area contributed by atoms with Gasteiger partial charge in [-0.2, -0.15) is 0 Å². The molecule has 0 aliphatic heterocycles. The molecule has 2 aromatic heterocycles. The summed E-state index contributed by atoms with van der Waals surface area (Å²) in [7, 11) is 0. The van der Waals surface area contributed by atoms with Crippen LogP contribution in [0.5, 0.6) is 0 Å². The Kier molecular flexibility index (Phi) is 80.4. The molecule has 8 rings (SSSR count). The Hall–Kier alpha value is -6.66. The van der Waals surface area contributed by atoms with Gasteiger partial charge in [0.05, 0.1) is 11.4 Å². The average molecular weight is 1870 g/mol. The second-order valence-corrected chi connectivity index (χ2v) is 46.9. The third-order valence-corrected chi connectivity index (χ3v) is 24.4. The molecule has 0 fully saturated rings.